The summed E-state index contributed by atoms with van der Waals surface area (Å²) in [6.07, 6.45) is 0. The molecule has 0 aliphatic heterocycles. The first kappa shape index (κ1) is 14.7. The summed E-state index contributed by atoms with van der Waals surface area (Å²) in [4.78, 5) is 11.5. The number of hydrogen-bond donors (Lipinski definition) is 1. The number of ether oxygens (including phenoxy) is 1. The summed E-state index contributed by atoms with van der Waals surface area (Å²) >= 11 is -0.220. The Morgan fingerprint density at radius 3 is 2.67 bits per heavy atom. The molecule has 0 amide bonds. The maximum atomic E-state index is 11.8. The van der Waals surface area contributed by atoms with Crippen LogP contribution < -0.4 is 5.73 Å². The number of carbonyl (C=O) groups excluding carboxylic acids is 1. The zero-order valence-electron chi connectivity index (χ0n) is 9.58. The van der Waals surface area contributed by atoms with Gasteiger partial charge in [-0.1, -0.05) is 0 Å². The van der Waals surface area contributed by atoms with Crippen molar-refractivity contribution in [3.63, 3.8) is 0 Å². The van der Waals surface area contributed by atoms with Gasteiger partial charge in [0.05, 0.1) is 5.56 Å². The molecule has 1 rings (SSSR count). The molecule has 1 aromatic rings. The molecule has 0 bridgehead atoms. The minimum atomic E-state index is -4.30. The predicted octanol–water partition coefficient (Wildman–Crippen LogP) is 2.99. The van der Waals surface area contributed by atoms with E-state index in [1.165, 1.54) is 12.1 Å². The molecule has 7 heteroatoms. The van der Waals surface area contributed by atoms with Crippen LogP contribution in [0.25, 0.3) is 0 Å². The number of aryl methyl sites for hydroxylation is 1. The van der Waals surface area contributed by atoms with Gasteiger partial charge in [0.1, 0.15) is 6.61 Å². The number of alkyl halides is 3. The van der Waals surface area contributed by atoms with Gasteiger partial charge < -0.3 is 10.5 Å². The van der Waals surface area contributed by atoms with E-state index in [1.54, 1.807) is 13.0 Å². The van der Waals surface area contributed by atoms with E-state index >= 15 is 0 Å². The van der Waals surface area contributed by atoms with Crippen molar-refractivity contribution >= 4 is 23.4 Å². The Bertz CT molecular complexity index is 435. The van der Waals surface area contributed by atoms with Crippen LogP contribution in [0.1, 0.15) is 15.9 Å². The van der Waals surface area contributed by atoms with Crippen LogP contribution in [0.4, 0.5) is 18.9 Å². The van der Waals surface area contributed by atoms with Crippen molar-refractivity contribution in [3.05, 3.63) is 29.3 Å². The van der Waals surface area contributed by atoms with Gasteiger partial charge in [-0.2, -0.15) is 13.2 Å². The zero-order chi connectivity index (χ0) is 13.8. The lowest BCUT2D eigenvalue weighted by Crippen LogP contribution is -2.11. The summed E-state index contributed by atoms with van der Waals surface area (Å²) in [6.45, 7) is 1.39. The van der Waals surface area contributed by atoms with Crippen LogP contribution in [0.15, 0.2) is 18.2 Å². The Morgan fingerprint density at radius 2 is 2.11 bits per heavy atom. The molecule has 0 radical (unpaired) electrons. The first-order valence-corrected chi connectivity index (χ1v) is 6.02. The molecule has 0 saturated carbocycles. The standard InChI is InChI=1S/C11H12F3NO2S/c1-7-6-8(15)2-3-9(7)10(16)17-4-5-18-11(12,13)14/h2-3,6H,4-5,15H2,1H3. The molecule has 0 spiro atoms. The first-order valence-electron chi connectivity index (χ1n) is 5.03. The Labute approximate surface area is 106 Å². The van der Waals surface area contributed by atoms with Crippen LogP contribution in [-0.4, -0.2) is 23.8 Å². The maximum Gasteiger partial charge on any atom is 0.441 e. The molecule has 0 heterocycles. The highest BCUT2D eigenvalue weighted by atomic mass is 32.2. The largest absolute Gasteiger partial charge is 0.461 e. The molecule has 0 aromatic heterocycles. The van der Waals surface area contributed by atoms with Crippen molar-refractivity contribution in [2.75, 3.05) is 18.1 Å². The van der Waals surface area contributed by atoms with Gasteiger partial charge in [0.25, 0.3) is 0 Å². The lowest BCUT2D eigenvalue weighted by atomic mass is 10.1. The highest BCUT2D eigenvalue weighted by Crippen LogP contribution is 2.29. The van der Waals surface area contributed by atoms with Gasteiger partial charge in [-0.3, -0.25) is 0 Å². The zero-order valence-corrected chi connectivity index (χ0v) is 10.4. The summed E-state index contributed by atoms with van der Waals surface area (Å²) < 4.78 is 40.2. The molecular formula is C11H12F3NO2S. The number of benzene rings is 1. The molecule has 0 aliphatic carbocycles. The van der Waals surface area contributed by atoms with Crippen molar-refractivity contribution in [1.82, 2.24) is 0 Å². The number of halogens is 3. The summed E-state index contributed by atoms with van der Waals surface area (Å²) in [6, 6.07) is 4.62. The summed E-state index contributed by atoms with van der Waals surface area (Å²) in [5.41, 5.74) is 2.66. The molecule has 0 atom stereocenters. The van der Waals surface area contributed by atoms with Gasteiger partial charge in [0.15, 0.2) is 0 Å². The van der Waals surface area contributed by atoms with E-state index in [0.717, 1.165) is 0 Å². The maximum absolute atomic E-state index is 11.8. The third-order valence-corrected chi connectivity index (χ3v) is 2.75. The SMILES string of the molecule is Cc1cc(N)ccc1C(=O)OCCSC(F)(F)F. The smallest absolute Gasteiger partial charge is 0.441 e. The second kappa shape index (κ2) is 5.99. The molecule has 0 unspecified atom stereocenters. The van der Waals surface area contributed by atoms with Crippen molar-refractivity contribution in [3.8, 4) is 0 Å². The quantitative estimate of drug-likeness (QED) is 0.523. The Morgan fingerprint density at radius 1 is 1.44 bits per heavy atom. The lowest BCUT2D eigenvalue weighted by Gasteiger charge is -2.08. The number of thioether (sulfide) groups is 1. The average molecular weight is 279 g/mol. The summed E-state index contributed by atoms with van der Waals surface area (Å²) in [7, 11) is 0. The Hall–Kier alpha value is -1.37. The fourth-order valence-electron chi connectivity index (χ4n) is 1.29. The third kappa shape index (κ3) is 4.87. The van der Waals surface area contributed by atoms with Gasteiger partial charge in [-0.05, 0) is 42.4 Å². The topological polar surface area (TPSA) is 52.3 Å². The van der Waals surface area contributed by atoms with E-state index in [9.17, 15) is 18.0 Å². The molecule has 3 nitrogen and oxygen atoms in total. The molecule has 0 fully saturated rings. The van der Waals surface area contributed by atoms with Crippen LogP contribution in [0.3, 0.4) is 0 Å². The number of rotatable bonds is 4. The van der Waals surface area contributed by atoms with E-state index in [-0.39, 0.29) is 24.1 Å². The highest BCUT2D eigenvalue weighted by Gasteiger charge is 2.27. The fraction of sp³-hybridized carbons (Fsp3) is 0.364. The number of nitrogens with two attached hydrogens (primary N) is 1. The third-order valence-electron chi connectivity index (χ3n) is 2.05. The molecule has 2 N–H and O–H groups in total. The minimum Gasteiger partial charge on any atom is -0.461 e. The van der Waals surface area contributed by atoms with E-state index in [2.05, 4.69) is 0 Å². The van der Waals surface area contributed by atoms with Crippen LogP contribution in [0.5, 0.6) is 0 Å². The van der Waals surface area contributed by atoms with E-state index in [4.69, 9.17) is 10.5 Å². The van der Waals surface area contributed by atoms with Crippen molar-refractivity contribution < 1.29 is 22.7 Å². The summed E-state index contributed by atoms with van der Waals surface area (Å²) in [5.74, 6) is -0.959. The number of anilines is 1. The van der Waals surface area contributed by atoms with E-state index in [1.807, 2.05) is 0 Å². The predicted molar refractivity (Wildman–Crippen MR) is 64.4 cm³/mol. The van der Waals surface area contributed by atoms with Crippen LogP contribution in [0, 0.1) is 6.92 Å². The normalized spacial score (nSPS) is 11.3. The minimum absolute atomic E-state index is 0.220. The van der Waals surface area contributed by atoms with Crippen LogP contribution in [0.2, 0.25) is 0 Å². The van der Waals surface area contributed by atoms with E-state index in [0.29, 0.717) is 16.8 Å². The number of carbonyl (C=O) groups is 1. The van der Waals surface area contributed by atoms with Gasteiger partial charge in [0, 0.05) is 11.4 Å². The molecule has 0 saturated heterocycles. The fourth-order valence-corrected chi connectivity index (χ4v) is 1.68. The Kier molecular flexibility index (Phi) is 4.89. The van der Waals surface area contributed by atoms with Crippen LogP contribution in [-0.2, 0) is 4.74 Å². The number of esters is 1. The molecule has 1 aromatic carbocycles. The average Bonchev–Trinajstić information content (AvgIpc) is 2.22. The molecule has 18 heavy (non-hydrogen) atoms. The molecule has 100 valence electrons. The van der Waals surface area contributed by atoms with Gasteiger partial charge >= 0.3 is 11.5 Å². The lowest BCUT2D eigenvalue weighted by molar-refractivity contribution is -0.0331. The van der Waals surface area contributed by atoms with Gasteiger partial charge in [-0.25, -0.2) is 4.79 Å². The van der Waals surface area contributed by atoms with Crippen molar-refractivity contribution in [1.29, 1.82) is 0 Å². The highest BCUT2D eigenvalue weighted by molar-refractivity contribution is 8.00. The molecule has 0 aliphatic rings. The Balaban J connectivity index is 2.46. The second-order valence-electron chi connectivity index (χ2n) is 3.50. The summed E-state index contributed by atoms with van der Waals surface area (Å²) in [5, 5.41) is 0. The monoisotopic (exact) mass is 279 g/mol. The second-order valence-corrected chi connectivity index (χ2v) is 4.66. The van der Waals surface area contributed by atoms with Crippen LogP contribution >= 0.6 is 11.8 Å². The van der Waals surface area contributed by atoms with Crippen molar-refractivity contribution in [2.24, 2.45) is 0 Å². The van der Waals surface area contributed by atoms with E-state index < -0.39 is 11.5 Å². The van der Waals surface area contributed by atoms with Gasteiger partial charge in [-0.15, -0.1) is 0 Å². The number of nitrogen functional groups attached to an aromatic ring is 1. The van der Waals surface area contributed by atoms with Gasteiger partial charge in [0.2, 0.25) is 0 Å². The number of hydrogen-bond acceptors (Lipinski definition) is 4. The molecular weight excluding hydrogens is 267 g/mol. The van der Waals surface area contributed by atoms with Crippen molar-refractivity contribution in [2.45, 2.75) is 12.4 Å². The first-order chi connectivity index (χ1) is 8.29.